The number of hydrogen-bond acceptors (Lipinski definition) is 6. The summed E-state index contributed by atoms with van der Waals surface area (Å²) in [7, 11) is 1.53. The predicted octanol–water partition coefficient (Wildman–Crippen LogP) is 3.76. The normalized spacial score (nSPS) is 15.4. The van der Waals surface area contributed by atoms with E-state index in [1.807, 2.05) is 18.2 Å². The number of ether oxygens (including phenoxy) is 2. The van der Waals surface area contributed by atoms with Crippen LogP contribution in [0.5, 0.6) is 11.5 Å². The topological polar surface area (TPSA) is 77.5 Å². The maximum absolute atomic E-state index is 11.7. The molecule has 2 aromatic rings. The smallest absolute Gasteiger partial charge is 0.290 e. The van der Waals surface area contributed by atoms with Gasteiger partial charge in [-0.25, -0.2) is 0 Å². The molecular formula is C17H13BrN2O4S. The van der Waals surface area contributed by atoms with Gasteiger partial charge in [-0.2, -0.15) is 0 Å². The summed E-state index contributed by atoms with van der Waals surface area (Å²) in [5.41, 5.74) is 1.50. The lowest BCUT2D eigenvalue weighted by Gasteiger charge is -2.13. The molecule has 1 aliphatic rings. The second-order valence-corrected chi connectivity index (χ2v) is 6.87. The molecule has 0 unspecified atom stereocenters. The average Bonchev–Trinajstić information content (AvgIpc) is 2.91. The second-order valence-electron chi connectivity index (χ2n) is 5.00. The number of methoxy groups -OCH3 is 1. The Labute approximate surface area is 156 Å². The molecule has 0 atom stereocenters. The van der Waals surface area contributed by atoms with E-state index in [2.05, 4.69) is 26.2 Å². The van der Waals surface area contributed by atoms with Crippen molar-refractivity contribution < 1.29 is 19.1 Å². The predicted molar refractivity (Wildman–Crippen MR) is 98.4 cm³/mol. The summed E-state index contributed by atoms with van der Waals surface area (Å²) in [6.07, 6.45) is 3.33. The van der Waals surface area contributed by atoms with Crippen molar-refractivity contribution in [2.45, 2.75) is 6.61 Å². The summed E-state index contributed by atoms with van der Waals surface area (Å²) < 4.78 is 11.9. The Kier molecular flexibility index (Phi) is 5.40. The van der Waals surface area contributed by atoms with Crippen molar-refractivity contribution in [2.75, 3.05) is 7.11 Å². The first-order chi connectivity index (χ1) is 12.1. The fourth-order valence-corrected chi connectivity index (χ4v) is 3.42. The van der Waals surface area contributed by atoms with Crippen LogP contribution in [-0.4, -0.2) is 23.2 Å². The van der Waals surface area contributed by atoms with Crippen molar-refractivity contribution in [1.82, 2.24) is 10.3 Å². The minimum atomic E-state index is -0.402. The van der Waals surface area contributed by atoms with Crippen molar-refractivity contribution in [3.05, 3.63) is 57.2 Å². The molecule has 1 aromatic carbocycles. The van der Waals surface area contributed by atoms with Gasteiger partial charge in [0.25, 0.3) is 11.1 Å². The molecule has 1 aromatic heterocycles. The van der Waals surface area contributed by atoms with Crippen molar-refractivity contribution in [1.29, 1.82) is 0 Å². The molecule has 2 heterocycles. The van der Waals surface area contributed by atoms with Gasteiger partial charge in [0.2, 0.25) is 0 Å². The van der Waals surface area contributed by atoms with Crippen LogP contribution in [0.3, 0.4) is 0 Å². The van der Waals surface area contributed by atoms with Crippen LogP contribution in [0, 0.1) is 0 Å². The molecule has 8 heteroatoms. The summed E-state index contributed by atoms with van der Waals surface area (Å²) in [4.78, 5) is 27.5. The van der Waals surface area contributed by atoms with Gasteiger partial charge in [0.1, 0.15) is 6.61 Å². The van der Waals surface area contributed by atoms with E-state index in [9.17, 15) is 9.59 Å². The molecule has 0 saturated carbocycles. The van der Waals surface area contributed by atoms with Crippen LogP contribution in [0.4, 0.5) is 4.79 Å². The lowest BCUT2D eigenvalue weighted by molar-refractivity contribution is -0.115. The molecule has 1 N–H and O–H groups in total. The summed E-state index contributed by atoms with van der Waals surface area (Å²) >= 11 is 4.33. The highest BCUT2D eigenvalue weighted by Gasteiger charge is 2.25. The van der Waals surface area contributed by atoms with Gasteiger partial charge in [0, 0.05) is 6.20 Å². The minimum absolute atomic E-state index is 0.295. The van der Waals surface area contributed by atoms with Crippen LogP contribution in [0.15, 0.2) is 45.9 Å². The average molecular weight is 421 g/mol. The molecule has 0 aliphatic carbocycles. The highest BCUT2D eigenvalue weighted by Crippen LogP contribution is 2.38. The van der Waals surface area contributed by atoms with Gasteiger partial charge < -0.3 is 9.47 Å². The monoisotopic (exact) mass is 420 g/mol. The van der Waals surface area contributed by atoms with Crippen LogP contribution in [-0.2, 0) is 11.4 Å². The highest BCUT2D eigenvalue weighted by molar-refractivity contribution is 9.10. The molecular weight excluding hydrogens is 408 g/mol. The van der Waals surface area contributed by atoms with Crippen LogP contribution in [0.25, 0.3) is 6.08 Å². The molecule has 25 heavy (non-hydrogen) atoms. The minimum Gasteiger partial charge on any atom is -0.493 e. The van der Waals surface area contributed by atoms with Crippen LogP contribution in [0.2, 0.25) is 0 Å². The molecule has 0 bridgehead atoms. The number of carbonyl (C=O) groups is 2. The molecule has 0 radical (unpaired) electrons. The molecule has 1 saturated heterocycles. The van der Waals surface area contributed by atoms with Crippen molar-refractivity contribution in [3.8, 4) is 11.5 Å². The first kappa shape index (κ1) is 17.5. The third-order valence-corrected chi connectivity index (χ3v) is 4.68. The van der Waals surface area contributed by atoms with Crippen LogP contribution < -0.4 is 14.8 Å². The summed E-state index contributed by atoms with van der Waals surface area (Å²) in [5.74, 6) is 0.641. The maximum atomic E-state index is 11.7. The number of rotatable bonds is 5. The van der Waals surface area contributed by atoms with Crippen molar-refractivity contribution >= 4 is 44.9 Å². The number of thioether (sulfide) groups is 1. The van der Waals surface area contributed by atoms with Crippen LogP contribution in [0.1, 0.15) is 11.3 Å². The number of aromatic nitrogens is 1. The number of hydrogen-bond donors (Lipinski definition) is 1. The fraction of sp³-hybridized carbons (Fsp3) is 0.118. The zero-order valence-corrected chi connectivity index (χ0v) is 15.5. The van der Waals surface area contributed by atoms with E-state index in [0.717, 1.165) is 17.5 Å². The number of carbonyl (C=O) groups excluding carboxylic acids is 2. The van der Waals surface area contributed by atoms with E-state index >= 15 is 0 Å². The molecule has 0 spiro atoms. The first-order valence-corrected chi connectivity index (χ1v) is 8.83. The molecule has 2 amide bonds. The molecule has 3 rings (SSSR count). The highest BCUT2D eigenvalue weighted by atomic mass is 79.9. The largest absolute Gasteiger partial charge is 0.493 e. The van der Waals surface area contributed by atoms with Gasteiger partial charge in [-0.1, -0.05) is 6.07 Å². The molecule has 6 nitrogen and oxygen atoms in total. The standard InChI is InChI=1S/C17H13BrN2O4S/c1-23-13-7-10(8-14-16(21)20-17(22)25-14)6-12(18)15(13)24-9-11-4-2-3-5-19-11/h2-8H,9H2,1H3,(H,20,21,22)/b14-8-. The van der Waals surface area contributed by atoms with Gasteiger partial charge in [0.05, 0.1) is 22.2 Å². The number of amides is 2. The fourth-order valence-electron chi connectivity index (χ4n) is 2.17. The molecule has 128 valence electrons. The van der Waals surface area contributed by atoms with E-state index in [1.54, 1.807) is 24.4 Å². The Bertz CT molecular complexity index is 855. The Morgan fingerprint density at radius 2 is 2.16 bits per heavy atom. The third kappa shape index (κ3) is 4.21. The lowest BCUT2D eigenvalue weighted by Crippen LogP contribution is -2.17. The lowest BCUT2D eigenvalue weighted by atomic mass is 10.2. The maximum Gasteiger partial charge on any atom is 0.290 e. The number of pyridine rings is 1. The van der Waals surface area contributed by atoms with Crippen molar-refractivity contribution in [3.63, 3.8) is 0 Å². The second kappa shape index (κ2) is 7.71. The number of halogens is 1. The molecule has 1 fully saturated rings. The summed E-state index contributed by atoms with van der Waals surface area (Å²) in [6, 6.07) is 9.12. The third-order valence-electron chi connectivity index (χ3n) is 3.28. The quantitative estimate of drug-likeness (QED) is 0.741. The van der Waals surface area contributed by atoms with Gasteiger partial charge in [-0.05, 0) is 63.6 Å². The van der Waals surface area contributed by atoms with E-state index in [0.29, 0.717) is 33.0 Å². The first-order valence-electron chi connectivity index (χ1n) is 7.22. The number of nitrogens with one attached hydrogen (secondary N) is 1. The Morgan fingerprint density at radius 3 is 2.80 bits per heavy atom. The van der Waals surface area contributed by atoms with Gasteiger partial charge in [0.15, 0.2) is 11.5 Å². The Hall–Kier alpha value is -2.32. The van der Waals surface area contributed by atoms with Gasteiger partial charge in [-0.15, -0.1) is 0 Å². The summed E-state index contributed by atoms with van der Waals surface area (Å²) in [6.45, 7) is 0.295. The molecule has 1 aliphatic heterocycles. The van der Waals surface area contributed by atoms with E-state index in [-0.39, 0.29) is 5.24 Å². The van der Waals surface area contributed by atoms with E-state index in [4.69, 9.17) is 9.47 Å². The number of nitrogens with zero attached hydrogens (tertiary/aromatic N) is 1. The van der Waals surface area contributed by atoms with E-state index < -0.39 is 5.91 Å². The SMILES string of the molecule is COc1cc(/C=C2\SC(=O)NC2=O)cc(Br)c1OCc1ccccn1. The van der Waals surface area contributed by atoms with Gasteiger partial charge in [-0.3, -0.25) is 19.9 Å². The van der Waals surface area contributed by atoms with Crippen LogP contribution >= 0.6 is 27.7 Å². The van der Waals surface area contributed by atoms with Crippen molar-refractivity contribution in [2.24, 2.45) is 0 Å². The summed E-state index contributed by atoms with van der Waals surface area (Å²) in [5, 5.41) is 1.85. The number of imide groups is 1. The zero-order valence-electron chi connectivity index (χ0n) is 13.1. The zero-order chi connectivity index (χ0) is 17.8. The number of benzene rings is 1. The Balaban J connectivity index is 1.85. The van der Waals surface area contributed by atoms with E-state index in [1.165, 1.54) is 7.11 Å². The Morgan fingerprint density at radius 1 is 1.32 bits per heavy atom. The van der Waals surface area contributed by atoms with Gasteiger partial charge >= 0.3 is 0 Å².